The maximum absolute atomic E-state index is 12.2. The molecule has 0 aliphatic rings. The van der Waals surface area contributed by atoms with Gasteiger partial charge in [-0.25, -0.2) is 4.79 Å². The zero-order valence-corrected chi connectivity index (χ0v) is 13.1. The van der Waals surface area contributed by atoms with Crippen molar-refractivity contribution in [2.24, 2.45) is 0 Å². The number of hydrogen-bond donors (Lipinski definition) is 0. The van der Waals surface area contributed by atoms with Crippen molar-refractivity contribution < 1.29 is 18.7 Å². The van der Waals surface area contributed by atoms with E-state index in [0.29, 0.717) is 22.5 Å². The average molecular weight is 312 g/mol. The Hall–Kier alpha value is -2.82. The fourth-order valence-corrected chi connectivity index (χ4v) is 2.38. The number of ether oxygens (including phenoxy) is 2. The van der Waals surface area contributed by atoms with Crippen molar-refractivity contribution in [2.45, 2.75) is 20.0 Å². The molecule has 3 aromatic rings. The molecule has 0 bridgehead atoms. The smallest absolute Gasteiger partial charge is 0.344 e. The normalized spacial score (nSPS) is 12.3. The number of carbonyl (C=O) groups is 1. The number of rotatable bonds is 4. The molecule has 0 saturated carbocycles. The third-order valence-electron chi connectivity index (χ3n) is 3.78. The second-order valence-corrected chi connectivity index (χ2v) is 5.33. The van der Waals surface area contributed by atoms with Crippen molar-refractivity contribution >= 4 is 27.5 Å². The molecule has 2 aromatic carbocycles. The minimum absolute atomic E-state index is 0.0721. The standard InChI is InChI=1S/C18H16O5/c1-10(19)11(2)22-13-5-7-15-14-6-4-12(21-3)8-16(14)18(20)23-17(15)9-13/h4-9,11H,1-3H3/t11-/m1/s1. The molecule has 0 amide bonds. The predicted molar refractivity (Wildman–Crippen MR) is 87.3 cm³/mol. The van der Waals surface area contributed by atoms with E-state index >= 15 is 0 Å². The monoisotopic (exact) mass is 312 g/mol. The molecule has 1 heterocycles. The summed E-state index contributed by atoms with van der Waals surface area (Å²) in [5.74, 6) is 1.01. The van der Waals surface area contributed by atoms with Crippen LogP contribution in [0.25, 0.3) is 21.7 Å². The lowest BCUT2D eigenvalue weighted by Gasteiger charge is -2.12. The van der Waals surface area contributed by atoms with Crippen LogP contribution < -0.4 is 15.1 Å². The Kier molecular flexibility index (Phi) is 3.78. The van der Waals surface area contributed by atoms with Gasteiger partial charge in [0.05, 0.1) is 12.5 Å². The van der Waals surface area contributed by atoms with Crippen LogP contribution in [-0.2, 0) is 4.79 Å². The minimum Gasteiger partial charge on any atom is -0.497 e. The highest BCUT2D eigenvalue weighted by molar-refractivity contribution is 6.04. The quantitative estimate of drug-likeness (QED) is 0.546. The van der Waals surface area contributed by atoms with Gasteiger partial charge in [-0.05, 0) is 44.2 Å². The Labute approximate surface area is 132 Å². The number of ketones is 1. The Balaban J connectivity index is 2.16. The zero-order valence-electron chi connectivity index (χ0n) is 13.1. The number of benzene rings is 2. The summed E-state index contributed by atoms with van der Waals surface area (Å²) in [6.07, 6.45) is -0.552. The van der Waals surface area contributed by atoms with E-state index in [0.717, 1.165) is 10.8 Å². The van der Waals surface area contributed by atoms with Crippen LogP contribution >= 0.6 is 0 Å². The molecule has 0 saturated heterocycles. The molecule has 5 nitrogen and oxygen atoms in total. The summed E-state index contributed by atoms with van der Waals surface area (Å²) in [5, 5.41) is 2.04. The Bertz CT molecular complexity index is 955. The van der Waals surface area contributed by atoms with Gasteiger partial charge in [0.25, 0.3) is 0 Å². The largest absolute Gasteiger partial charge is 0.497 e. The van der Waals surface area contributed by atoms with Crippen molar-refractivity contribution in [1.29, 1.82) is 0 Å². The van der Waals surface area contributed by atoms with E-state index in [9.17, 15) is 9.59 Å². The third kappa shape index (κ3) is 2.77. The summed E-state index contributed by atoms with van der Waals surface area (Å²) < 4.78 is 16.1. The van der Waals surface area contributed by atoms with Crippen LogP contribution in [0, 0.1) is 0 Å². The number of Topliss-reactive ketones (excluding diaryl/α,β-unsaturated/α-hetero) is 1. The van der Waals surface area contributed by atoms with E-state index in [2.05, 4.69) is 0 Å². The second-order valence-electron chi connectivity index (χ2n) is 5.33. The van der Waals surface area contributed by atoms with Gasteiger partial charge in [0.1, 0.15) is 17.1 Å². The minimum atomic E-state index is -0.552. The van der Waals surface area contributed by atoms with Crippen LogP contribution in [0.4, 0.5) is 0 Å². The number of fused-ring (bicyclic) bond motifs is 3. The van der Waals surface area contributed by atoms with Gasteiger partial charge in [-0.2, -0.15) is 0 Å². The van der Waals surface area contributed by atoms with Crippen LogP contribution in [0.15, 0.2) is 45.6 Å². The zero-order chi connectivity index (χ0) is 16.6. The Morgan fingerprint density at radius 1 is 1.04 bits per heavy atom. The fourth-order valence-electron chi connectivity index (χ4n) is 2.38. The summed E-state index contributed by atoms with van der Waals surface area (Å²) >= 11 is 0. The van der Waals surface area contributed by atoms with Gasteiger partial charge in [-0.15, -0.1) is 0 Å². The van der Waals surface area contributed by atoms with Gasteiger partial charge in [0, 0.05) is 16.8 Å². The van der Waals surface area contributed by atoms with Crippen molar-refractivity contribution in [2.75, 3.05) is 7.11 Å². The van der Waals surface area contributed by atoms with Crippen LogP contribution in [0.5, 0.6) is 11.5 Å². The molecule has 0 spiro atoms. The average Bonchev–Trinajstić information content (AvgIpc) is 2.54. The molecule has 0 N–H and O–H groups in total. The summed E-state index contributed by atoms with van der Waals surface area (Å²) in [7, 11) is 1.55. The van der Waals surface area contributed by atoms with Crippen molar-refractivity contribution in [3.63, 3.8) is 0 Å². The van der Waals surface area contributed by atoms with Gasteiger partial charge in [-0.1, -0.05) is 0 Å². The van der Waals surface area contributed by atoms with E-state index in [1.165, 1.54) is 6.92 Å². The lowest BCUT2D eigenvalue weighted by Crippen LogP contribution is -2.20. The topological polar surface area (TPSA) is 65.7 Å². The first-order chi connectivity index (χ1) is 11.0. The molecule has 0 aliphatic carbocycles. The highest BCUT2D eigenvalue weighted by Gasteiger charge is 2.12. The lowest BCUT2D eigenvalue weighted by atomic mass is 10.1. The first-order valence-corrected chi connectivity index (χ1v) is 7.21. The third-order valence-corrected chi connectivity index (χ3v) is 3.78. The SMILES string of the molecule is COc1ccc2c(c1)c(=O)oc1cc(O[C@H](C)C(C)=O)ccc12. The summed E-state index contributed by atoms with van der Waals surface area (Å²) in [6, 6.07) is 10.5. The summed E-state index contributed by atoms with van der Waals surface area (Å²) in [4.78, 5) is 23.5. The molecule has 1 aromatic heterocycles. The van der Waals surface area contributed by atoms with Crippen LogP contribution in [0.3, 0.4) is 0 Å². The Morgan fingerprint density at radius 2 is 1.74 bits per heavy atom. The maximum Gasteiger partial charge on any atom is 0.344 e. The van der Waals surface area contributed by atoms with Gasteiger partial charge in [-0.3, -0.25) is 4.79 Å². The summed E-state index contributed by atoms with van der Waals surface area (Å²) in [6.45, 7) is 3.14. The van der Waals surface area contributed by atoms with Crippen molar-refractivity contribution in [1.82, 2.24) is 0 Å². The number of hydrogen-bond acceptors (Lipinski definition) is 5. The van der Waals surface area contributed by atoms with Crippen LogP contribution in [0.1, 0.15) is 13.8 Å². The Morgan fingerprint density at radius 3 is 2.43 bits per heavy atom. The number of methoxy groups -OCH3 is 1. The second kappa shape index (κ2) is 5.76. The van der Waals surface area contributed by atoms with Crippen LogP contribution in [-0.4, -0.2) is 19.0 Å². The molecule has 23 heavy (non-hydrogen) atoms. The van der Waals surface area contributed by atoms with Gasteiger partial charge >= 0.3 is 5.63 Å². The fraction of sp³-hybridized carbons (Fsp3) is 0.222. The lowest BCUT2D eigenvalue weighted by molar-refractivity contribution is -0.122. The molecule has 5 heteroatoms. The molecular formula is C18H16O5. The first-order valence-electron chi connectivity index (χ1n) is 7.21. The van der Waals surface area contributed by atoms with Gasteiger partial charge in [0.15, 0.2) is 11.9 Å². The van der Waals surface area contributed by atoms with Crippen molar-refractivity contribution in [3.05, 3.63) is 46.8 Å². The van der Waals surface area contributed by atoms with Gasteiger partial charge in [0.2, 0.25) is 0 Å². The maximum atomic E-state index is 12.2. The van der Waals surface area contributed by atoms with E-state index < -0.39 is 11.7 Å². The molecule has 3 rings (SSSR count). The molecule has 0 radical (unpaired) electrons. The van der Waals surface area contributed by atoms with Gasteiger partial charge < -0.3 is 13.9 Å². The molecular weight excluding hydrogens is 296 g/mol. The van der Waals surface area contributed by atoms with E-state index in [4.69, 9.17) is 13.9 Å². The predicted octanol–water partition coefficient (Wildman–Crippen LogP) is 3.31. The first kappa shape index (κ1) is 15.1. The highest BCUT2D eigenvalue weighted by atomic mass is 16.5. The molecule has 118 valence electrons. The van der Waals surface area contributed by atoms with Crippen molar-refractivity contribution in [3.8, 4) is 11.5 Å². The van der Waals surface area contributed by atoms with E-state index in [-0.39, 0.29) is 5.78 Å². The van der Waals surface area contributed by atoms with E-state index in [1.54, 1.807) is 38.3 Å². The molecule has 0 fully saturated rings. The van der Waals surface area contributed by atoms with Crippen LogP contribution in [0.2, 0.25) is 0 Å². The summed E-state index contributed by atoms with van der Waals surface area (Å²) in [5.41, 5.74) is -0.0240. The number of carbonyl (C=O) groups excluding carboxylic acids is 1. The molecule has 0 aliphatic heterocycles. The molecule has 0 unspecified atom stereocenters. The van der Waals surface area contributed by atoms with E-state index in [1.807, 2.05) is 12.1 Å². The highest BCUT2D eigenvalue weighted by Crippen LogP contribution is 2.28. The molecule has 1 atom stereocenters.